The van der Waals surface area contributed by atoms with Crippen LogP contribution in [-0.2, 0) is 37.5 Å². The highest BCUT2D eigenvalue weighted by molar-refractivity contribution is 7.90. The maximum Gasteiger partial charge on any atom is 0.314 e. The van der Waals surface area contributed by atoms with Gasteiger partial charge in [0.2, 0.25) is 0 Å². The van der Waals surface area contributed by atoms with Gasteiger partial charge in [-0.25, -0.2) is 13.1 Å². The third-order valence-electron chi connectivity index (χ3n) is 4.87. The van der Waals surface area contributed by atoms with Gasteiger partial charge in [0.25, 0.3) is 0 Å². The highest BCUT2D eigenvalue weighted by atomic mass is 35.5. The Morgan fingerprint density at radius 3 is 2.39 bits per heavy atom. The molecule has 0 spiro atoms. The molecular formula is C21H19ClN4O4S. The summed E-state index contributed by atoms with van der Waals surface area (Å²) < 4.78 is 25.6. The SMILES string of the molecule is Cc1ccc(-n2nc3c(c2NC(=O)C(=O)NCc2ccc(Cl)cc2)CS(=O)(=O)C3)cc1. The van der Waals surface area contributed by atoms with E-state index < -0.39 is 21.7 Å². The molecule has 0 fully saturated rings. The summed E-state index contributed by atoms with van der Waals surface area (Å²) in [6.07, 6.45) is 0. The Labute approximate surface area is 184 Å². The highest BCUT2D eigenvalue weighted by Crippen LogP contribution is 2.33. The van der Waals surface area contributed by atoms with Gasteiger partial charge < -0.3 is 10.6 Å². The van der Waals surface area contributed by atoms with E-state index in [1.807, 2.05) is 31.2 Å². The van der Waals surface area contributed by atoms with Gasteiger partial charge in [0.1, 0.15) is 5.82 Å². The summed E-state index contributed by atoms with van der Waals surface area (Å²) in [6, 6.07) is 14.2. The first-order valence-corrected chi connectivity index (χ1v) is 11.6. The summed E-state index contributed by atoms with van der Waals surface area (Å²) >= 11 is 5.84. The fourth-order valence-corrected chi connectivity index (χ4v) is 4.89. The molecule has 8 nitrogen and oxygen atoms in total. The van der Waals surface area contributed by atoms with Gasteiger partial charge in [-0.15, -0.1) is 0 Å². The quantitative estimate of drug-likeness (QED) is 0.584. The van der Waals surface area contributed by atoms with Crippen LogP contribution in [0, 0.1) is 6.92 Å². The Morgan fingerprint density at radius 1 is 1.03 bits per heavy atom. The molecule has 2 aromatic carbocycles. The van der Waals surface area contributed by atoms with E-state index in [0.29, 0.717) is 22.0 Å². The van der Waals surface area contributed by atoms with Crippen LogP contribution in [0.4, 0.5) is 5.82 Å². The Hall–Kier alpha value is -3.17. The first-order valence-electron chi connectivity index (χ1n) is 9.44. The zero-order chi connectivity index (χ0) is 22.2. The number of hydrogen-bond donors (Lipinski definition) is 2. The molecule has 160 valence electrons. The van der Waals surface area contributed by atoms with Crippen LogP contribution in [0.3, 0.4) is 0 Å². The van der Waals surface area contributed by atoms with Gasteiger partial charge in [-0.3, -0.25) is 9.59 Å². The van der Waals surface area contributed by atoms with Crippen LogP contribution in [0.2, 0.25) is 5.02 Å². The first-order chi connectivity index (χ1) is 14.7. The minimum Gasteiger partial charge on any atom is -0.344 e. The third-order valence-corrected chi connectivity index (χ3v) is 6.56. The van der Waals surface area contributed by atoms with E-state index in [-0.39, 0.29) is 23.9 Å². The lowest BCUT2D eigenvalue weighted by molar-refractivity contribution is -0.136. The number of aryl methyl sites for hydroxylation is 1. The molecule has 1 aliphatic heterocycles. The van der Waals surface area contributed by atoms with Gasteiger partial charge in [0.15, 0.2) is 9.84 Å². The van der Waals surface area contributed by atoms with Crippen molar-refractivity contribution in [3.63, 3.8) is 0 Å². The van der Waals surface area contributed by atoms with Crippen molar-refractivity contribution in [2.75, 3.05) is 5.32 Å². The molecule has 3 aromatic rings. The van der Waals surface area contributed by atoms with Crippen molar-refractivity contribution < 1.29 is 18.0 Å². The maximum atomic E-state index is 12.5. The van der Waals surface area contributed by atoms with E-state index in [4.69, 9.17) is 11.6 Å². The molecule has 0 aliphatic carbocycles. The van der Waals surface area contributed by atoms with Crippen molar-refractivity contribution in [1.82, 2.24) is 15.1 Å². The number of amides is 2. The molecule has 2 amide bonds. The van der Waals surface area contributed by atoms with Crippen LogP contribution >= 0.6 is 11.6 Å². The number of nitrogens with one attached hydrogen (secondary N) is 2. The molecule has 0 atom stereocenters. The number of halogens is 1. The van der Waals surface area contributed by atoms with Crippen molar-refractivity contribution >= 4 is 39.1 Å². The zero-order valence-corrected chi connectivity index (χ0v) is 18.1. The molecule has 1 aromatic heterocycles. The largest absolute Gasteiger partial charge is 0.344 e. The van der Waals surface area contributed by atoms with Gasteiger partial charge in [-0.1, -0.05) is 41.4 Å². The fourth-order valence-electron chi connectivity index (χ4n) is 3.27. The van der Waals surface area contributed by atoms with Crippen LogP contribution in [-0.4, -0.2) is 30.0 Å². The molecule has 0 saturated heterocycles. The Kier molecular flexibility index (Phi) is 5.55. The predicted octanol–water partition coefficient (Wildman–Crippen LogP) is 2.52. The molecule has 0 unspecified atom stereocenters. The molecule has 2 N–H and O–H groups in total. The molecule has 0 radical (unpaired) electrons. The summed E-state index contributed by atoms with van der Waals surface area (Å²) in [5, 5.41) is 10.0. The van der Waals surface area contributed by atoms with E-state index in [2.05, 4.69) is 15.7 Å². The highest BCUT2D eigenvalue weighted by Gasteiger charge is 2.33. The topological polar surface area (TPSA) is 110 Å². The van der Waals surface area contributed by atoms with E-state index in [9.17, 15) is 18.0 Å². The smallest absolute Gasteiger partial charge is 0.314 e. The predicted molar refractivity (Wildman–Crippen MR) is 117 cm³/mol. The van der Waals surface area contributed by atoms with Gasteiger partial charge in [-0.05, 0) is 36.8 Å². The fraction of sp³-hybridized carbons (Fsp3) is 0.190. The van der Waals surface area contributed by atoms with Crippen molar-refractivity contribution in [1.29, 1.82) is 0 Å². The second-order valence-electron chi connectivity index (χ2n) is 7.32. The summed E-state index contributed by atoms with van der Waals surface area (Å²) in [4.78, 5) is 24.9. The lowest BCUT2D eigenvalue weighted by atomic mass is 10.2. The normalized spacial score (nSPS) is 14.1. The van der Waals surface area contributed by atoms with Gasteiger partial charge in [0, 0.05) is 17.1 Å². The van der Waals surface area contributed by atoms with Gasteiger partial charge >= 0.3 is 11.8 Å². The summed E-state index contributed by atoms with van der Waals surface area (Å²) in [5.41, 5.74) is 3.24. The molecule has 0 saturated carbocycles. The number of sulfone groups is 1. The molecule has 10 heteroatoms. The number of carbonyl (C=O) groups is 2. The Balaban J connectivity index is 1.56. The van der Waals surface area contributed by atoms with E-state index >= 15 is 0 Å². The molecule has 4 rings (SSSR count). The Morgan fingerprint density at radius 2 is 1.71 bits per heavy atom. The standard InChI is InChI=1S/C21H19ClN4O4S/c1-13-2-8-16(9-3-13)26-19(17-11-31(29,30)12-18(17)25-26)24-21(28)20(27)23-10-14-4-6-15(22)7-5-14/h2-9H,10-12H2,1H3,(H,23,27)(H,24,28). The van der Waals surface area contributed by atoms with E-state index in [1.165, 1.54) is 4.68 Å². The van der Waals surface area contributed by atoms with Crippen LogP contribution in [0.25, 0.3) is 5.69 Å². The van der Waals surface area contributed by atoms with Gasteiger partial charge in [0.05, 0.1) is 22.9 Å². The van der Waals surface area contributed by atoms with E-state index in [0.717, 1.165) is 11.1 Å². The first kappa shape index (κ1) is 21.1. The molecular weight excluding hydrogens is 440 g/mol. The number of rotatable bonds is 4. The average Bonchev–Trinajstić information content (AvgIpc) is 3.20. The zero-order valence-electron chi connectivity index (χ0n) is 16.6. The van der Waals surface area contributed by atoms with Crippen LogP contribution < -0.4 is 10.6 Å². The Bertz CT molecular complexity index is 1270. The van der Waals surface area contributed by atoms with Crippen molar-refractivity contribution in [3.05, 3.63) is 75.9 Å². The lowest BCUT2D eigenvalue weighted by Crippen LogP contribution is -2.35. The summed E-state index contributed by atoms with van der Waals surface area (Å²) in [5.74, 6) is -2.01. The number of fused-ring (bicyclic) bond motifs is 1. The van der Waals surface area contributed by atoms with Crippen LogP contribution in [0.5, 0.6) is 0 Å². The van der Waals surface area contributed by atoms with Crippen LogP contribution in [0.15, 0.2) is 48.5 Å². The van der Waals surface area contributed by atoms with Gasteiger partial charge in [-0.2, -0.15) is 5.10 Å². The summed E-state index contributed by atoms with van der Waals surface area (Å²) in [6.45, 7) is 2.08. The lowest BCUT2D eigenvalue weighted by Gasteiger charge is -2.11. The molecule has 31 heavy (non-hydrogen) atoms. The minimum absolute atomic E-state index is 0.146. The third kappa shape index (κ3) is 4.62. The number of carbonyl (C=O) groups excluding carboxylic acids is 2. The van der Waals surface area contributed by atoms with Crippen molar-refractivity contribution in [2.24, 2.45) is 0 Å². The van der Waals surface area contributed by atoms with E-state index in [1.54, 1.807) is 24.3 Å². The van der Waals surface area contributed by atoms with Crippen molar-refractivity contribution in [3.8, 4) is 5.69 Å². The number of aromatic nitrogens is 2. The molecule has 2 heterocycles. The number of hydrogen-bond acceptors (Lipinski definition) is 5. The summed E-state index contributed by atoms with van der Waals surface area (Å²) in [7, 11) is -3.33. The second kappa shape index (κ2) is 8.16. The molecule has 1 aliphatic rings. The van der Waals surface area contributed by atoms with Crippen LogP contribution in [0.1, 0.15) is 22.4 Å². The number of nitrogens with zero attached hydrogens (tertiary/aromatic N) is 2. The minimum atomic E-state index is -3.33. The van der Waals surface area contributed by atoms with Crippen molar-refractivity contribution in [2.45, 2.75) is 25.0 Å². The number of anilines is 1. The average molecular weight is 459 g/mol. The maximum absolute atomic E-state index is 12.5. The number of benzene rings is 2. The molecule has 0 bridgehead atoms. The second-order valence-corrected chi connectivity index (χ2v) is 9.82. The monoisotopic (exact) mass is 458 g/mol.